The third-order valence-corrected chi connectivity index (χ3v) is 3.94. The third-order valence-electron chi connectivity index (χ3n) is 2.92. The van der Waals surface area contributed by atoms with Crippen molar-refractivity contribution < 1.29 is 14.3 Å². The van der Waals surface area contributed by atoms with Crippen molar-refractivity contribution in [3.05, 3.63) is 27.2 Å². The molecule has 19 heavy (non-hydrogen) atoms. The summed E-state index contributed by atoms with van der Waals surface area (Å²) in [4.78, 5) is 11.6. The molecule has 0 heterocycles. The van der Waals surface area contributed by atoms with E-state index in [2.05, 4.69) is 0 Å². The van der Waals surface area contributed by atoms with Crippen molar-refractivity contribution in [3.63, 3.8) is 0 Å². The maximum atomic E-state index is 11.6. The molecule has 1 aliphatic carbocycles. The number of hydrogen-bond donors (Lipinski definition) is 0. The van der Waals surface area contributed by atoms with E-state index in [9.17, 15) is 4.79 Å². The van der Waals surface area contributed by atoms with Crippen molar-refractivity contribution in [2.45, 2.75) is 31.8 Å². The smallest absolute Gasteiger partial charge is 0.344 e. The quantitative estimate of drug-likeness (QED) is 0.604. The van der Waals surface area contributed by atoms with Crippen molar-refractivity contribution in [2.75, 3.05) is 6.61 Å². The van der Waals surface area contributed by atoms with Gasteiger partial charge in [-0.1, -0.05) is 34.8 Å². The van der Waals surface area contributed by atoms with Gasteiger partial charge in [-0.2, -0.15) is 0 Å². The SMILES string of the molecule is O=C(COc1cc(Cl)c(Cl)cc1Cl)OC1CCCC1. The van der Waals surface area contributed by atoms with E-state index in [1.54, 1.807) is 0 Å². The molecule has 1 aliphatic rings. The van der Waals surface area contributed by atoms with Gasteiger partial charge in [0.2, 0.25) is 0 Å². The maximum absolute atomic E-state index is 11.6. The average Bonchev–Trinajstić information content (AvgIpc) is 2.85. The lowest BCUT2D eigenvalue weighted by Gasteiger charge is -2.12. The first-order valence-electron chi connectivity index (χ1n) is 6.03. The summed E-state index contributed by atoms with van der Waals surface area (Å²) < 4.78 is 10.6. The first-order chi connectivity index (χ1) is 9.06. The lowest BCUT2D eigenvalue weighted by atomic mass is 10.3. The van der Waals surface area contributed by atoms with Crippen molar-refractivity contribution >= 4 is 40.8 Å². The van der Waals surface area contributed by atoms with Gasteiger partial charge in [0.05, 0.1) is 15.1 Å². The van der Waals surface area contributed by atoms with Crippen molar-refractivity contribution in [3.8, 4) is 5.75 Å². The summed E-state index contributed by atoms with van der Waals surface area (Å²) in [6, 6.07) is 2.96. The molecular weight excluding hydrogens is 310 g/mol. The molecule has 1 aromatic carbocycles. The number of ether oxygens (including phenoxy) is 2. The Bertz CT molecular complexity index is 470. The highest BCUT2D eigenvalue weighted by molar-refractivity contribution is 6.43. The highest BCUT2D eigenvalue weighted by Gasteiger charge is 2.19. The Hall–Kier alpha value is -0.640. The first-order valence-corrected chi connectivity index (χ1v) is 7.16. The third kappa shape index (κ3) is 4.16. The largest absolute Gasteiger partial charge is 0.480 e. The van der Waals surface area contributed by atoms with E-state index in [0.717, 1.165) is 25.7 Å². The molecule has 0 aliphatic heterocycles. The van der Waals surface area contributed by atoms with Gasteiger partial charge in [-0.05, 0) is 31.7 Å². The Morgan fingerprint density at radius 3 is 2.42 bits per heavy atom. The van der Waals surface area contributed by atoms with E-state index >= 15 is 0 Å². The van der Waals surface area contributed by atoms with Gasteiger partial charge < -0.3 is 9.47 Å². The summed E-state index contributed by atoms with van der Waals surface area (Å²) >= 11 is 17.6. The van der Waals surface area contributed by atoms with Crippen molar-refractivity contribution in [1.29, 1.82) is 0 Å². The molecule has 0 bridgehead atoms. The molecule has 0 unspecified atom stereocenters. The summed E-state index contributed by atoms with van der Waals surface area (Å²) in [5.74, 6) is -0.0755. The first kappa shape index (κ1) is 14.8. The van der Waals surface area contributed by atoms with E-state index in [4.69, 9.17) is 44.3 Å². The van der Waals surface area contributed by atoms with E-state index in [1.165, 1.54) is 12.1 Å². The summed E-state index contributed by atoms with van der Waals surface area (Å²) in [7, 11) is 0. The van der Waals surface area contributed by atoms with E-state index in [0.29, 0.717) is 20.8 Å². The minimum absolute atomic E-state index is 0.0281. The molecule has 6 heteroatoms. The van der Waals surface area contributed by atoms with Gasteiger partial charge in [-0.25, -0.2) is 4.79 Å². The molecule has 1 saturated carbocycles. The Morgan fingerprint density at radius 1 is 1.11 bits per heavy atom. The minimum Gasteiger partial charge on any atom is -0.480 e. The molecule has 0 N–H and O–H groups in total. The zero-order valence-electron chi connectivity index (χ0n) is 10.1. The fraction of sp³-hybridized carbons (Fsp3) is 0.462. The van der Waals surface area contributed by atoms with Gasteiger partial charge in [-0.3, -0.25) is 0 Å². The maximum Gasteiger partial charge on any atom is 0.344 e. The zero-order chi connectivity index (χ0) is 13.8. The molecule has 1 aromatic rings. The van der Waals surface area contributed by atoms with Crippen LogP contribution in [0.3, 0.4) is 0 Å². The summed E-state index contributed by atoms with van der Waals surface area (Å²) in [5, 5.41) is 0.973. The average molecular weight is 324 g/mol. The Labute approximate surface area is 126 Å². The lowest BCUT2D eigenvalue weighted by Crippen LogP contribution is -2.20. The van der Waals surface area contributed by atoms with Crippen LogP contribution in [0.5, 0.6) is 5.75 Å². The predicted octanol–water partition coefficient (Wildman–Crippen LogP) is 4.51. The standard InChI is InChI=1S/C13H13Cl3O3/c14-9-5-11(16)12(6-10(9)15)18-7-13(17)19-8-3-1-2-4-8/h5-6,8H,1-4,7H2. The second kappa shape index (κ2) is 6.69. The minimum atomic E-state index is -0.394. The number of benzene rings is 1. The van der Waals surface area contributed by atoms with Crippen LogP contribution >= 0.6 is 34.8 Å². The van der Waals surface area contributed by atoms with Gasteiger partial charge in [0, 0.05) is 6.07 Å². The molecular formula is C13H13Cl3O3. The Kier molecular flexibility index (Phi) is 5.20. The van der Waals surface area contributed by atoms with Crippen LogP contribution in [0.4, 0.5) is 0 Å². The van der Waals surface area contributed by atoms with Crippen LogP contribution in [-0.2, 0) is 9.53 Å². The number of halogens is 3. The fourth-order valence-corrected chi connectivity index (χ4v) is 2.57. The zero-order valence-corrected chi connectivity index (χ0v) is 12.4. The molecule has 0 saturated heterocycles. The van der Waals surface area contributed by atoms with Gasteiger partial charge in [0.1, 0.15) is 11.9 Å². The molecule has 0 aromatic heterocycles. The normalized spacial score (nSPS) is 15.5. The Balaban J connectivity index is 1.87. The molecule has 104 valence electrons. The van der Waals surface area contributed by atoms with Crippen LogP contribution in [0.15, 0.2) is 12.1 Å². The molecule has 0 spiro atoms. The van der Waals surface area contributed by atoms with Crippen LogP contribution in [0.25, 0.3) is 0 Å². The molecule has 1 fully saturated rings. The highest BCUT2D eigenvalue weighted by Crippen LogP contribution is 2.33. The fourth-order valence-electron chi connectivity index (χ4n) is 1.98. The van der Waals surface area contributed by atoms with Gasteiger partial charge >= 0.3 is 5.97 Å². The van der Waals surface area contributed by atoms with Crippen LogP contribution in [-0.4, -0.2) is 18.7 Å². The van der Waals surface area contributed by atoms with Gasteiger partial charge in [0.15, 0.2) is 6.61 Å². The van der Waals surface area contributed by atoms with E-state index < -0.39 is 5.97 Å². The number of rotatable bonds is 4. The van der Waals surface area contributed by atoms with Crippen LogP contribution in [0, 0.1) is 0 Å². The van der Waals surface area contributed by atoms with Gasteiger partial charge in [-0.15, -0.1) is 0 Å². The van der Waals surface area contributed by atoms with E-state index in [-0.39, 0.29) is 12.7 Å². The van der Waals surface area contributed by atoms with Crippen LogP contribution in [0.2, 0.25) is 15.1 Å². The van der Waals surface area contributed by atoms with Gasteiger partial charge in [0.25, 0.3) is 0 Å². The highest BCUT2D eigenvalue weighted by atomic mass is 35.5. The summed E-state index contributed by atoms with van der Waals surface area (Å²) in [6.07, 6.45) is 4.10. The number of esters is 1. The van der Waals surface area contributed by atoms with Crippen molar-refractivity contribution in [2.24, 2.45) is 0 Å². The number of hydrogen-bond acceptors (Lipinski definition) is 3. The Morgan fingerprint density at radius 2 is 1.74 bits per heavy atom. The topological polar surface area (TPSA) is 35.5 Å². The summed E-state index contributed by atoms with van der Waals surface area (Å²) in [6.45, 7) is -0.186. The summed E-state index contributed by atoms with van der Waals surface area (Å²) in [5.41, 5.74) is 0. The molecule has 3 nitrogen and oxygen atoms in total. The van der Waals surface area contributed by atoms with Crippen molar-refractivity contribution in [1.82, 2.24) is 0 Å². The lowest BCUT2D eigenvalue weighted by molar-refractivity contribution is -0.151. The predicted molar refractivity (Wildman–Crippen MR) is 75.3 cm³/mol. The molecule has 0 atom stereocenters. The second-order valence-corrected chi connectivity index (χ2v) is 5.60. The van der Waals surface area contributed by atoms with E-state index in [1.807, 2.05) is 0 Å². The van der Waals surface area contributed by atoms with Crippen LogP contribution in [0.1, 0.15) is 25.7 Å². The van der Waals surface area contributed by atoms with Crippen LogP contribution < -0.4 is 4.74 Å². The molecule has 2 rings (SSSR count). The number of carbonyl (C=O) groups is 1. The molecule has 0 radical (unpaired) electrons. The molecule has 0 amide bonds. The second-order valence-electron chi connectivity index (χ2n) is 4.38. The monoisotopic (exact) mass is 322 g/mol. The number of carbonyl (C=O) groups excluding carboxylic acids is 1.